The fraction of sp³-hybridized carbons (Fsp3) is 0.591. The summed E-state index contributed by atoms with van der Waals surface area (Å²) in [7, 11) is 3.00. The van der Waals surface area contributed by atoms with Crippen molar-refractivity contribution in [3.8, 4) is 11.5 Å². The van der Waals surface area contributed by atoms with Gasteiger partial charge in [-0.05, 0) is 43.9 Å². The largest absolute Gasteiger partial charge is 0.504 e. The van der Waals surface area contributed by atoms with Crippen LogP contribution in [0, 0.1) is 5.41 Å². The van der Waals surface area contributed by atoms with Crippen LogP contribution in [0.4, 0.5) is 5.69 Å². The number of esters is 1. The molecular weight excluding hydrogens is 372 g/mol. The number of nitrogens with zero attached hydrogens (tertiary/aromatic N) is 1. The van der Waals surface area contributed by atoms with E-state index in [9.17, 15) is 9.90 Å². The van der Waals surface area contributed by atoms with Crippen LogP contribution in [0.1, 0.15) is 31.2 Å². The highest BCUT2D eigenvalue weighted by molar-refractivity contribution is 5.93. The Balaban J connectivity index is 1.65. The van der Waals surface area contributed by atoms with E-state index < -0.39 is 0 Å². The van der Waals surface area contributed by atoms with Gasteiger partial charge in [-0.1, -0.05) is 0 Å². The lowest BCUT2D eigenvalue weighted by Crippen LogP contribution is -2.63. The lowest BCUT2D eigenvalue weighted by atomic mass is 9.53. The molecule has 4 atom stereocenters. The summed E-state index contributed by atoms with van der Waals surface area (Å²) in [6.45, 7) is 2.73. The van der Waals surface area contributed by atoms with E-state index in [1.165, 1.54) is 7.11 Å². The zero-order valence-corrected chi connectivity index (χ0v) is 16.8. The number of carbonyl (C=O) groups excluding carboxylic acids is 1. The Labute approximate surface area is 169 Å². The average Bonchev–Trinajstić information content (AvgIpc) is 3.41. The smallest absolute Gasteiger partial charge is 0.335 e. The molecule has 3 saturated heterocycles. The van der Waals surface area contributed by atoms with E-state index in [1.54, 1.807) is 7.11 Å². The van der Waals surface area contributed by atoms with E-state index in [4.69, 9.17) is 14.2 Å². The molecular formula is C22H26N2O5. The molecule has 2 N–H and O–H groups in total. The minimum Gasteiger partial charge on any atom is -0.504 e. The Morgan fingerprint density at radius 2 is 2.17 bits per heavy atom. The molecule has 0 amide bonds. The molecule has 0 bridgehead atoms. The van der Waals surface area contributed by atoms with Crippen molar-refractivity contribution in [1.29, 1.82) is 0 Å². The summed E-state index contributed by atoms with van der Waals surface area (Å²) in [5.41, 5.74) is 3.21. The van der Waals surface area contributed by atoms with Gasteiger partial charge in [0.2, 0.25) is 0 Å². The molecule has 4 unspecified atom stereocenters. The molecule has 0 radical (unpaired) electrons. The van der Waals surface area contributed by atoms with Crippen molar-refractivity contribution >= 4 is 11.7 Å². The van der Waals surface area contributed by atoms with Gasteiger partial charge in [-0.2, -0.15) is 0 Å². The van der Waals surface area contributed by atoms with E-state index >= 15 is 0 Å². The predicted octanol–water partition coefficient (Wildman–Crippen LogP) is 2.15. The Kier molecular flexibility index (Phi) is 3.44. The lowest BCUT2D eigenvalue weighted by molar-refractivity contribution is -0.138. The van der Waals surface area contributed by atoms with Crippen LogP contribution < -0.4 is 10.1 Å². The molecule has 1 aliphatic carbocycles. The minimum absolute atomic E-state index is 0.0966. The van der Waals surface area contributed by atoms with Crippen LogP contribution in [-0.4, -0.2) is 62.0 Å². The monoisotopic (exact) mass is 398 g/mol. The molecule has 5 aliphatic rings. The van der Waals surface area contributed by atoms with Crippen molar-refractivity contribution in [2.24, 2.45) is 5.41 Å². The summed E-state index contributed by atoms with van der Waals surface area (Å²) in [5, 5.41) is 14.1. The van der Waals surface area contributed by atoms with Crippen LogP contribution in [0.5, 0.6) is 11.5 Å². The SMILES string of the molecule is COC(=O)C1=C2Nc3cc(OC)c(O)cc3C23CCN2CCC4OCCC4(C1)C23. The number of hydrogen-bond acceptors (Lipinski definition) is 7. The third-order valence-electron chi connectivity index (χ3n) is 8.12. The van der Waals surface area contributed by atoms with Gasteiger partial charge in [-0.15, -0.1) is 0 Å². The molecule has 0 aromatic heterocycles. The first-order chi connectivity index (χ1) is 14.0. The van der Waals surface area contributed by atoms with Gasteiger partial charge in [0, 0.05) is 42.1 Å². The number of phenols is 1. The van der Waals surface area contributed by atoms with Gasteiger partial charge < -0.3 is 24.6 Å². The van der Waals surface area contributed by atoms with Crippen molar-refractivity contribution in [1.82, 2.24) is 4.90 Å². The normalized spacial score (nSPS) is 36.8. The number of anilines is 1. The zero-order chi connectivity index (χ0) is 20.0. The van der Waals surface area contributed by atoms with E-state index in [2.05, 4.69) is 10.2 Å². The Morgan fingerprint density at radius 3 is 2.97 bits per heavy atom. The first kappa shape index (κ1) is 17.6. The number of aromatic hydroxyl groups is 1. The summed E-state index contributed by atoms with van der Waals surface area (Å²) in [6.07, 6.45) is 3.70. The van der Waals surface area contributed by atoms with Crippen LogP contribution >= 0.6 is 0 Å². The summed E-state index contributed by atoms with van der Waals surface area (Å²) in [5.74, 6) is 0.302. The number of benzene rings is 1. The van der Waals surface area contributed by atoms with Crippen molar-refractivity contribution in [3.05, 3.63) is 29.0 Å². The van der Waals surface area contributed by atoms with Crippen molar-refractivity contribution in [2.75, 3.05) is 39.2 Å². The second-order valence-corrected chi connectivity index (χ2v) is 9.01. The molecule has 6 rings (SSSR count). The number of fused-ring (bicyclic) bond motifs is 1. The highest BCUT2D eigenvalue weighted by Crippen LogP contribution is 2.67. The molecule has 1 aromatic rings. The summed E-state index contributed by atoms with van der Waals surface area (Å²) in [6, 6.07) is 3.94. The average molecular weight is 398 g/mol. The summed E-state index contributed by atoms with van der Waals surface area (Å²) in [4.78, 5) is 15.5. The van der Waals surface area contributed by atoms with Crippen LogP contribution in [-0.2, 0) is 19.7 Å². The molecule has 29 heavy (non-hydrogen) atoms. The standard InChI is InChI=1S/C22H26N2O5/c1-27-16-10-14-13(9-15(16)25)22-4-7-24-6-3-17-21(20(22)24,5-8-29-17)11-12(18(22)23-14)19(26)28-2/h9-10,17,20,23,25H,3-8,11H2,1-2H3. The fourth-order valence-electron chi connectivity index (χ4n) is 7.16. The van der Waals surface area contributed by atoms with Crippen LogP contribution in [0.25, 0.3) is 0 Å². The van der Waals surface area contributed by atoms with E-state index in [0.29, 0.717) is 12.2 Å². The third-order valence-corrected chi connectivity index (χ3v) is 8.12. The van der Waals surface area contributed by atoms with Crippen LogP contribution in [0.3, 0.4) is 0 Å². The van der Waals surface area contributed by atoms with Gasteiger partial charge in [-0.25, -0.2) is 4.79 Å². The number of piperidine rings is 1. The molecule has 1 aromatic carbocycles. The van der Waals surface area contributed by atoms with Crippen LogP contribution in [0.15, 0.2) is 23.4 Å². The number of methoxy groups -OCH3 is 2. The van der Waals surface area contributed by atoms with Gasteiger partial charge in [0.05, 0.1) is 31.3 Å². The number of phenolic OH excluding ortho intramolecular Hbond substituents is 1. The van der Waals surface area contributed by atoms with Gasteiger partial charge in [0.25, 0.3) is 0 Å². The highest BCUT2D eigenvalue weighted by Gasteiger charge is 2.70. The van der Waals surface area contributed by atoms with Crippen LogP contribution in [0.2, 0.25) is 0 Å². The molecule has 0 saturated carbocycles. The zero-order valence-electron chi connectivity index (χ0n) is 16.8. The first-order valence-corrected chi connectivity index (χ1v) is 10.4. The lowest BCUT2D eigenvalue weighted by Gasteiger charge is -2.56. The summed E-state index contributed by atoms with van der Waals surface area (Å²) < 4.78 is 16.8. The quantitative estimate of drug-likeness (QED) is 0.584. The predicted molar refractivity (Wildman–Crippen MR) is 105 cm³/mol. The summed E-state index contributed by atoms with van der Waals surface area (Å²) >= 11 is 0. The fourth-order valence-corrected chi connectivity index (χ4v) is 7.16. The van der Waals surface area contributed by atoms with Gasteiger partial charge in [-0.3, -0.25) is 4.90 Å². The third kappa shape index (κ3) is 1.93. The number of ether oxygens (including phenoxy) is 3. The first-order valence-electron chi connectivity index (χ1n) is 10.4. The molecule has 7 nitrogen and oxygen atoms in total. The maximum Gasteiger partial charge on any atom is 0.335 e. The van der Waals surface area contributed by atoms with E-state index in [0.717, 1.165) is 61.5 Å². The van der Waals surface area contributed by atoms with Crippen molar-refractivity contribution in [3.63, 3.8) is 0 Å². The maximum atomic E-state index is 12.9. The van der Waals surface area contributed by atoms with Gasteiger partial charge in [0.15, 0.2) is 11.5 Å². The maximum absolute atomic E-state index is 12.9. The molecule has 154 valence electrons. The molecule has 4 heterocycles. The number of hydrogen-bond donors (Lipinski definition) is 2. The second kappa shape index (κ2) is 5.67. The molecule has 3 fully saturated rings. The topological polar surface area (TPSA) is 80.3 Å². The van der Waals surface area contributed by atoms with Gasteiger partial charge in [0.1, 0.15) is 0 Å². The molecule has 2 spiro atoms. The van der Waals surface area contributed by atoms with E-state index in [1.807, 2.05) is 12.1 Å². The number of rotatable bonds is 2. The Hall–Kier alpha value is -2.25. The molecule has 7 heteroatoms. The van der Waals surface area contributed by atoms with E-state index in [-0.39, 0.29) is 34.7 Å². The Bertz CT molecular complexity index is 959. The molecule has 4 aliphatic heterocycles. The highest BCUT2D eigenvalue weighted by atomic mass is 16.5. The van der Waals surface area contributed by atoms with Crippen molar-refractivity contribution in [2.45, 2.75) is 43.2 Å². The Morgan fingerprint density at radius 1 is 1.31 bits per heavy atom. The van der Waals surface area contributed by atoms with Crippen molar-refractivity contribution < 1.29 is 24.1 Å². The second-order valence-electron chi connectivity index (χ2n) is 9.01. The van der Waals surface area contributed by atoms with Gasteiger partial charge >= 0.3 is 5.97 Å². The number of nitrogens with one attached hydrogen (secondary N) is 1. The minimum atomic E-state index is -0.354. The number of carbonyl (C=O) groups is 1.